The van der Waals surface area contributed by atoms with E-state index < -0.39 is 72.2 Å². The molecule has 14 nitrogen and oxygen atoms in total. The Hall–Kier alpha value is -3.52. The lowest BCUT2D eigenvalue weighted by Gasteiger charge is -2.27. The summed E-state index contributed by atoms with van der Waals surface area (Å²) in [4.78, 5) is 67.2. The number of aliphatic hydroxyl groups is 1. The number of primary amides is 1. The van der Waals surface area contributed by atoms with E-state index in [1.165, 1.54) is 19.4 Å². The lowest BCUT2D eigenvalue weighted by atomic mass is 9.98. The van der Waals surface area contributed by atoms with Gasteiger partial charge in [0.2, 0.25) is 23.6 Å². The molecule has 0 aliphatic rings. The zero-order valence-corrected chi connectivity index (χ0v) is 19.3. The Bertz CT molecular complexity index is 859. The van der Waals surface area contributed by atoms with Gasteiger partial charge >= 0.3 is 5.97 Å². The predicted molar refractivity (Wildman–Crippen MR) is 119 cm³/mol. The molecule has 1 rings (SSSR count). The van der Waals surface area contributed by atoms with Gasteiger partial charge in [0, 0.05) is 18.3 Å². The SMILES string of the molecule is CCC(C)C(NC(=O)C(NC(=O)C(Cc1cnc[nH]1)NC(=O)C(N)CC(N)=O)C(C)O)C(=O)O. The second-order valence-electron chi connectivity index (χ2n) is 8.06. The number of nitrogens with zero attached hydrogens (tertiary/aromatic N) is 1. The highest BCUT2D eigenvalue weighted by molar-refractivity contribution is 5.95. The number of hydrogen-bond donors (Lipinski definition) is 8. The molecule has 1 heterocycles. The van der Waals surface area contributed by atoms with Crippen LogP contribution in [0.5, 0.6) is 0 Å². The number of nitrogens with two attached hydrogens (primary N) is 2. The molecule has 0 aromatic carbocycles. The smallest absolute Gasteiger partial charge is 0.326 e. The van der Waals surface area contributed by atoms with Gasteiger partial charge in [-0.05, 0) is 12.8 Å². The molecule has 10 N–H and O–H groups in total. The van der Waals surface area contributed by atoms with E-state index in [2.05, 4.69) is 25.9 Å². The number of carboxylic acids is 1. The van der Waals surface area contributed by atoms with Crippen LogP contribution in [-0.4, -0.2) is 80.1 Å². The zero-order chi connectivity index (χ0) is 26.0. The molecule has 0 spiro atoms. The first-order valence-electron chi connectivity index (χ1n) is 10.7. The molecule has 190 valence electrons. The van der Waals surface area contributed by atoms with E-state index in [0.717, 1.165) is 0 Å². The highest BCUT2D eigenvalue weighted by atomic mass is 16.4. The molecule has 0 saturated heterocycles. The average molecular weight is 484 g/mol. The molecular formula is C20H33N7O7. The molecule has 4 amide bonds. The first-order chi connectivity index (χ1) is 15.9. The van der Waals surface area contributed by atoms with Crippen molar-refractivity contribution in [3.05, 3.63) is 18.2 Å². The van der Waals surface area contributed by atoms with E-state index in [0.29, 0.717) is 12.1 Å². The lowest BCUT2D eigenvalue weighted by Crippen LogP contribution is -2.60. The number of aliphatic hydroxyl groups excluding tert-OH is 1. The summed E-state index contributed by atoms with van der Waals surface area (Å²) in [5.41, 5.74) is 11.2. The highest BCUT2D eigenvalue weighted by Gasteiger charge is 2.34. The van der Waals surface area contributed by atoms with Crippen LogP contribution in [0.15, 0.2) is 12.5 Å². The number of H-pyrrole nitrogens is 1. The van der Waals surface area contributed by atoms with Gasteiger partial charge in [-0.2, -0.15) is 0 Å². The Balaban J connectivity index is 3.04. The van der Waals surface area contributed by atoms with Gasteiger partial charge in [0.05, 0.1) is 24.9 Å². The number of carboxylic acid groups (broad SMARTS) is 1. The van der Waals surface area contributed by atoms with Crippen LogP contribution in [0.1, 0.15) is 39.3 Å². The first-order valence-corrected chi connectivity index (χ1v) is 10.7. The number of nitrogens with one attached hydrogen (secondary N) is 4. The molecule has 0 aliphatic carbocycles. The highest BCUT2D eigenvalue weighted by Crippen LogP contribution is 2.09. The van der Waals surface area contributed by atoms with Gasteiger partial charge in [-0.3, -0.25) is 19.2 Å². The maximum Gasteiger partial charge on any atom is 0.326 e. The van der Waals surface area contributed by atoms with Crippen molar-refractivity contribution >= 4 is 29.6 Å². The van der Waals surface area contributed by atoms with Crippen LogP contribution >= 0.6 is 0 Å². The third-order valence-electron chi connectivity index (χ3n) is 5.21. The zero-order valence-electron chi connectivity index (χ0n) is 19.3. The molecule has 0 bridgehead atoms. The molecular weight excluding hydrogens is 450 g/mol. The molecule has 0 saturated carbocycles. The summed E-state index contributed by atoms with van der Waals surface area (Å²) in [6, 6.07) is -5.33. The standard InChI is InChI=1S/C20H33N7O7/c1-4-9(2)15(20(33)34)26-19(32)16(10(3)28)27-18(31)13(5-11-7-23-8-24-11)25-17(30)12(21)6-14(22)29/h7-10,12-13,15-16,28H,4-6,21H2,1-3H3,(H2,22,29)(H,23,24)(H,25,30)(H,26,32)(H,27,31)(H,33,34). The summed E-state index contributed by atoms with van der Waals surface area (Å²) < 4.78 is 0. The minimum Gasteiger partial charge on any atom is -0.480 e. The number of imidazole rings is 1. The van der Waals surface area contributed by atoms with Crippen LogP contribution in [0, 0.1) is 5.92 Å². The van der Waals surface area contributed by atoms with Crippen molar-refractivity contribution < 1.29 is 34.2 Å². The second kappa shape index (κ2) is 13.3. The molecule has 14 heteroatoms. The van der Waals surface area contributed by atoms with Crippen LogP contribution in [0.4, 0.5) is 0 Å². The van der Waals surface area contributed by atoms with Crippen LogP contribution in [0.25, 0.3) is 0 Å². The summed E-state index contributed by atoms with van der Waals surface area (Å²) >= 11 is 0. The van der Waals surface area contributed by atoms with Crippen LogP contribution < -0.4 is 27.4 Å². The van der Waals surface area contributed by atoms with Crippen molar-refractivity contribution in [1.29, 1.82) is 0 Å². The van der Waals surface area contributed by atoms with E-state index in [1.54, 1.807) is 13.8 Å². The lowest BCUT2D eigenvalue weighted by molar-refractivity contribution is -0.144. The van der Waals surface area contributed by atoms with Crippen LogP contribution in [0.2, 0.25) is 0 Å². The van der Waals surface area contributed by atoms with Crippen molar-refractivity contribution in [3.8, 4) is 0 Å². The Kier molecular flexibility index (Phi) is 11.1. The number of aromatic nitrogens is 2. The van der Waals surface area contributed by atoms with Gasteiger partial charge in [-0.15, -0.1) is 0 Å². The van der Waals surface area contributed by atoms with Crippen molar-refractivity contribution in [2.24, 2.45) is 17.4 Å². The largest absolute Gasteiger partial charge is 0.480 e. The molecule has 1 aromatic heterocycles. The third-order valence-corrected chi connectivity index (χ3v) is 5.21. The number of carbonyl (C=O) groups excluding carboxylic acids is 4. The summed E-state index contributed by atoms with van der Waals surface area (Å²) in [6.45, 7) is 4.64. The Morgan fingerprint density at radius 2 is 1.68 bits per heavy atom. The van der Waals surface area contributed by atoms with Crippen LogP contribution in [-0.2, 0) is 30.4 Å². The molecule has 0 fully saturated rings. The number of amides is 4. The fourth-order valence-corrected chi connectivity index (χ4v) is 3.00. The quantitative estimate of drug-likeness (QED) is 0.135. The van der Waals surface area contributed by atoms with Gasteiger partial charge in [-0.1, -0.05) is 20.3 Å². The Morgan fingerprint density at radius 1 is 1.06 bits per heavy atom. The van der Waals surface area contributed by atoms with Gasteiger partial charge in [-0.25, -0.2) is 9.78 Å². The summed E-state index contributed by atoms with van der Waals surface area (Å²) in [5.74, 6) is -5.08. The molecule has 6 atom stereocenters. The minimum absolute atomic E-state index is 0.0837. The Morgan fingerprint density at radius 3 is 2.15 bits per heavy atom. The van der Waals surface area contributed by atoms with E-state index in [1.807, 2.05) is 0 Å². The van der Waals surface area contributed by atoms with Crippen molar-refractivity contribution in [2.75, 3.05) is 0 Å². The van der Waals surface area contributed by atoms with E-state index in [4.69, 9.17) is 11.5 Å². The molecule has 0 aliphatic heterocycles. The maximum absolute atomic E-state index is 13.0. The van der Waals surface area contributed by atoms with Gasteiger partial charge in [0.15, 0.2) is 0 Å². The fourth-order valence-electron chi connectivity index (χ4n) is 3.00. The van der Waals surface area contributed by atoms with Crippen LogP contribution in [0.3, 0.4) is 0 Å². The molecule has 6 unspecified atom stereocenters. The number of aliphatic carboxylic acids is 1. The number of aromatic amines is 1. The monoisotopic (exact) mass is 483 g/mol. The molecule has 1 aromatic rings. The predicted octanol–water partition coefficient (Wildman–Crippen LogP) is -2.88. The normalized spacial score (nSPS) is 16.3. The minimum atomic E-state index is -1.51. The van der Waals surface area contributed by atoms with Crippen molar-refractivity contribution in [1.82, 2.24) is 25.9 Å². The number of hydrogen-bond acceptors (Lipinski definition) is 8. The van der Waals surface area contributed by atoms with E-state index in [9.17, 15) is 34.2 Å². The maximum atomic E-state index is 13.0. The molecule has 0 radical (unpaired) electrons. The van der Waals surface area contributed by atoms with E-state index >= 15 is 0 Å². The third kappa shape index (κ3) is 8.78. The van der Waals surface area contributed by atoms with Crippen molar-refractivity contribution in [2.45, 2.75) is 70.3 Å². The summed E-state index contributed by atoms with van der Waals surface area (Å²) in [6.07, 6.45) is 1.31. The van der Waals surface area contributed by atoms with Crippen molar-refractivity contribution in [3.63, 3.8) is 0 Å². The first kappa shape index (κ1) is 28.5. The number of carbonyl (C=O) groups is 5. The molecule has 34 heavy (non-hydrogen) atoms. The summed E-state index contributed by atoms with van der Waals surface area (Å²) in [5, 5.41) is 26.6. The van der Waals surface area contributed by atoms with Gasteiger partial charge < -0.3 is 42.6 Å². The Labute approximate surface area is 196 Å². The van der Waals surface area contributed by atoms with E-state index in [-0.39, 0.29) is 6.42 Å². The van der Waals surface area contributed by atoms with Gasteiger partial charge in [0.1, 0.15) is 18.1 Å². The average Bonchev–Trinajstić information content (AvgIpc) is 3.26. The summed E-state index contributed by atoms with van der Waals surface area (Å²) in [7, 11) is 0. The topological polar surface area (TPSA) is 243 Å². The number of rotatable bonds is 14. The fraction of sp³-hybridized carbons (Fsp3) is 0.600. The van der Waals surface area contributed by atoms with Gasteiger partial charge in [0.25, 0.3) is 0 Å². The second-order valence-corrected chi connectivity index (χ2v) is 8.06.